The van der Waals surface area contributed by atoms with Gasteiger partial charge in [0.2, 0.25) is 0 Å². The maximum Gasteiger partial charge on any atom is 0.251 e. The first-order valence-electron chi connectivity index (χ1n) is 7.23. The summed E-state index contributed by atoms with van der Waals surface area (Å²) in [5.74, 6) is 0.408. The lowest BCUT2D eigenvalue weighted by Gasteiger charge is -2.15. The molecule has 110 valence electrons. The molecule has 3 N–H and O–H groups in total. The fourth-order valence-electron chi connectivity index (χ4n) is 2.17. The summed E-state index contributed by atoms with van der Waals surface area (Å²) in [6, 6.07) is 15.3. The van der Waals surface area contributed by atoms with E-state index < -0.39 is 0 Å². The van der Waals surface area contributed by atoms with Gasteiger partial charge < -0.3 is 11.1 Å². The van der Waals surface area contributed by atoms with Crippen molar-refractivity contribution < 1.29 is 4.79 Å². The Hall–Kier alpha value is -2.29. The molecule has 1 atom stereocenters. The van der Waals surface area contributed by atoms with E-state index in [1.165, 1.54) is 5.56 Å². The molecular formula is C18H22N2O. The topological polar surface area (TPSA) is 55.1 Å². The van der Waals surface area contributed by atoms with Crippen LogP contribution >= 0.6 is 0 Å². The van der Waals surface area contributed by atoms with Crippen molar-refractivity contribution in [2.75, 3.05) is 5.73 Å². The summed E-state index contributed by atoms with van der Waals surface area (Å²) >= 11 is 0. The third-order valence-electron chi connectivity index (χ3n) is 3.62. The molecule has 0 aromatic heterocycles. The van der Waals surface area contributed by atoms with Gasteiger partial charge in [0, 0.05) is 11.3 Å². The third kappa shape index (κ3) is 3.85. The summed E-state index contributed by atoms with van der Waals surface area (Å²) < 4.78 is 0. The molecule has 0 saturated carbocycles. The molecule has 0 bridgehead atoms. The lowest BCUT2D eigenvalue weighted by Crippen LogP contribution is -2.26. The van der Waals surface area contributed by atoms with Gasteiger partial charge in [-0.15, -0.1) is 0 Å². The van der Waals surface area contributed by atoms with Crippen molar-refractivity contribution in [3.8, 4) is 0 Å². The monoisotopic (exact) mass is 282 g/mol. The van der Waals surface area contributed by atoms with Gasteiger partial charge in [0.05, 0.1) is 6.04 Å². The summed E-state index contributed by atoms with van der Waals surface area (Å²) in [5.41, 5.74) is 9.35. The second-order valence-electron chi connectivity index (χ2n) is 5.64. The van der Waals surface area contributed by atoms with E-state index in [1.54, 1.807) is 0 Å². The first-order chi connectivity index (χ1) is 9.97. The number of hydrogen-bond donors (Lipinski definition) is 2. The van der Waals surface area contributed by atoms with Crippen molar-refractivity contribution in [2.24, 2.45) is 0 Å². The Balaban J connectivity index is 2.05. The summed E-state index contributed by atoms with van der Waals surface area (Å²) in [6.45, 7) is 6.24. The highest BCUT2D eigenvalue weighted by atomic mass is 16.1. The summed E-state index contributed by atoms with van der Waals surface area (Å²) in [5, 5.41) is 3.00. The first-order valence-corrected chi connectivity index (χ1v) is 7.23. The van der Waals surface area contributed by atoms with Crippen molar-refractivity contribution in [2.45, 2.75) is 32.7 Å². The predicted octanol–water partition coefficient (Wildman–Crippen LogP) is 3.88. The molecule has 0 radical (unpaired) electrons. The molecule has 1 unspecified atom stereocenters. The normalized spacial score (nSPS) is 12.2. The molecule has 21 heavy (non-hydrogen) atoms. The number of rotatable bonds is 4. The average Bonchev–Trinajstić information content (AvgIpc) is 2.47. The van der Waals surface area contributed by atoms with E-state index >= 15 is 0 Å². The fraction of sp³-hybridized carbons (Fsp3) is 0.278. The molecule has 0 saturated heterocycles. The highest BCUT2D eigenvalue weighted by Crippen LogP contribution is 2.17. The van der Waals surface area contributed by atoms with Gasteiger partial charge in [-0.3, -0.25) is 4.79 Å². The Bertz CT molecular complexity index is 600. The number of nitrogens with one attached hydrogen (secondary N) is 1. The minimum atomic E-state index is -0.0605. The molecule has 3 heteroatoms. The van der Waals surface area contributed by atoms with Crippen LogP contribution in [0.1, 0.15) is 54.2 Å². The van der Waals surface area contributed by atoms with Crippen molar-refractivity contribution in [1.29, 1.82) is 0 Å². The SMILES string of the molecule is CC(C)c1ccc(C(=O)NC(C)c2ccc(N)cc2)cc1. The Morgan fingerprint density at radius 2 is 1.43 bits per heavy atom. The summed E-state index contributed by atoms with van der Waals surface area (Å²) in [7, 11) is 0. The van der Waals surface area contributed by atoms with Crippen molar-refractivity contribution in [3.63, 3.8) is 0 Å². The number of carbonyl (C=O) groups is 1. The number of carbonyl (C=O) groups excluding carboxylic acids is 1. The van der Waals surface area contributed by atoms with Gasteiger partial charge in [-0.1, -0.05) is 38.1 Å². The molecule has 2 aromatic carbocycles. The number of hydrogen-bond acceptors (Lipinski definition) is 2. The van der Waals surface area contributed by atoms with Gasteiger partial charge in [-0.25, -0.2) is 0 Å². The Morgan fingerprint density at radius 3 is 1.95 bits per heavy atom. The van der Waals surface area contributed by atoms with E-state index in [4.69, 9.17) is 5.73 Å². The molecule has 2 rings (SSSR count). The molecule has 2 aromatic rings. The highest BCUT2D eigenvalue weighted by molar-refractivity contribution is 5.94. The maximum atomic E-state index is 12.2. The van der Waals surface area contributed by atoms with Crippen LogP contribution in [0.2, 0.25) is 0 Å². The van der Waals surface area contributed by atoms with E-state index in [0.29, 0.717) is 11.5 Å². The zero-order valence-corrected chi connectivity index (χ0v) is 12.8. The lowest BCUT2D eigenvalue weighted by molar-refractivity contribution is 0.0940. The molecule has 0 aliphatic rings. The van der Waals surface area contributed by atoms with E-state index in [0.717, 1.165) is 11.3 Å². The molecule has 1 amide bonds. The zero-order valence-electron chi connectivity index (χ0n) is 12.8. The maximum absolute atomic E-state index is 12.2. The molecule has 0 heterocycles. The largest absolute Gasteiger partial charge is 0.399 e. The van der Waals surface area contributed by atoms with E-state index in [-0.39, 0.29) is 11.9 Å². The minimum Gasteiger partial charge on any atom is -0.399 e. The quantitative estimate of drug-likeness (QED) is 0.836. The lowest BCUT2D eigenvalue weighted by atomic mass is 10.0. The van der Waals surface area contributed by atoms with Crippen molar-refractivity contribution in [1.82, 2.24) is 5.32 Å². The summed E-state index contributed by atoms with van der Waals surface area (Å²) in [6.07, 6.45) is 0. The van der Waals surface area contributed by atoms with Crippen LogP contribution in [-0.2, 0) is 0 Å². The third-order valence-corrected chi connectivity index (χ3v) is 3.62. The number of nitrogen functional groups attached to an aromatic ring is 1. The zero-order chi connectivity index (χ0) is 15.4. The smallest absolute Gasteiger partial charge is 0.251 e. The van der Waals surface area contributed by atoms with Gasteiger partial charge in [0.1, 0.15) is 0 Å². The van der Waals surface area contributed by atoms with Gasteiger partial charge in [0.25, 0.3) is 5.91 Å². The van der Waals surface area contributed by atoms with Crippen LogP contribution in [0.25, 0.3) is 0 Å². The number of anilines is 1. The van der Waals surface area contributed by atoms with Crippen LogP contribution in [0.3, 0.4) is 0 Å². The van der Waals surface area contributed by atoms with Crippen LogP contribution in [0.4, 0.5) is 5.69 Å². The summed E-state index contributed by atoms with van der Waals surface area (Å²) in [4.78, 5) is 12.2. The van der Waals surface area contributed by atoms with Gasteiger partial charge >= 0.3 is 0 Å². The predicted molar refractivity (Wildman–Crippen MR) is 87.3 cm³/mol. The first kappa shape index (κ1) is 15.1. The van der Waals surface area contributed by atoms with Crippen LogP contribution in [0.5, 0.6) is 0 Å². The number of benzene rings is 2. The van der Waals surface area contributed by atoms with Crippen LogP contribution < -0.4 is 11.1 Å². The molecule has 0 spiro atoms. The Kier molecular flexibility index (Phi) is 4.63. The Morgan fingerprint density at radius 1 is 0.905 bits per heavy atom. The van der Waals surface area contributed by atoms with Gasteiger partial charge in [-0.2, -0.15) is 0 Å². The Labute approximate surface area is 126 Å². The van der Waals surface area contributed by atoms with Gasteiger partial charge in [0.15, 0.2) is 0 Å². The van der Waals surface area contributed by atoms with E-state index in [2.05, 4.69) is 19.2 Å². The van der Waals surface area contributed by atoms with Crippen LogP contribution in [-0.4, -0.2) is 5.91 Å². The molecule has 3 nitrogen and oxygen atoms in total. The average molecular weight is 282 g/mol. The van der Waals surface area contributed by atoms with Crippen molar-refractivity contribution in [3.05, 3.63) is 65.2 Å². The van der Waals surface area contributed by atoms with Crippen molar-refractivity contribution >= 4 is 11.6 Å². The molecule has 0 aliphatic heterocycles. The fourth-order valence-corrected chi connectivity index (χ4v) is 2.17. The molecule has 0 fully saturated rings. The van der Waals surface area contributed by atoms with E-state index in [1.807, 2.05) is 55.5 Å². The second kappa shape index (κ2) is 6.44. The van der Waals surface area contributed by atoms with Gasteiger partial charge in [-0.05, 0) is 48.2 Å². The second-order valence-corrected chi connectivity index (χ2v) is 5.64. The standard InChI is InChI=1S/C18H22N2O/c1-12(2)14-4-6-16(7-5-14)18(21)20-13(3)15-8-10-17(19)11-9-15/h4-13H,19H2,1-3H3,(H,20,21). The number of nitrogens with two attached hydrogens (primary N) is 1. The van der Waals surface area contributed by atoms with Crippen LogP contribution in [0, 0.1) is 0 Å². The minimum absolute atomic E-state index is 0.0529. The highest BCUT2D eigenvalue weighted by Gasteiger charge is 2.11. The van der Waals surface area contributed by atoms with Crippen LogP contribution in [0.15, 0.2) is 48.5 Å². The molecule has 0 aliphatic carbocycles. The molecular weight excluding hydrogens is 260 g/mol. The van der Waals surface area contributed by atoms with E-state index in [9.17, 15) is 4.79 Å². The number of amides is 1.